The SMILES string of the molecule is CCO[C@@H]1CC(C)=C(/C=C/C(C)=C/C=C/C(C)=C/C=C/C=C(C)/C=C/C=C(C)/C=C/C2=C(C)CCCC2(C)C)C(C)(C)C1. The molecule has 0 saturated heterocycles. The Morgan fingerprint density at radius 3 is 1.60 bits per heavy atom. The van der Waals surface area contributed by atoms with Crippen LogP contribution in [0.4, 0.5) is 0 Å². The van der Waals surface area contributed by atoms with Gasteiger partial charge in [0.05, 0.1) is 6.10 Å². The van der Waals surface area contributed by atoms with E-state index in [1.807, 2.05) is 0 Å². The Kier molecular flexibility index (Phi) is 14.7. The molecular weight excluding hydrogens is 520 g/mol. The van der Waals surface area contributed by atoms with Gasteiger partial charge in [-0.2, -0.15) is 0 Å². The van der Waals surface area contributed by atoms with Crippen LogP contribution in [0.5, 0.6) is 0 Å². The van der Waals surface area contributed by atoms with Crippen LogP contribution in [0.1, 0.15) is 108 Å². The van der Waals surface area contributed by atoms with E-state index in [-0.39, 0.29) is 10.8 Å². The zero-order valence-corrected chi connectivity index (χ0v) is 29.3. The van der Waals surface area contributed by atoms with Crippen molar-refractivity contribution in [3.63, 3.8) is 0 Å². The summed E-state index contributed by atoms with van der Waals surface area (Å²) in [5, 5.41) is 0. The fraction of sp³-hybridized carbons (Fsp3) is 0.476. The van der Waals surface area contributed by atoms with Crippen LogP contribution in [-0.2, 0) is 4.74 Å². The van der Waals surface area contributed by atoms with E-state index >= 15 is 0 Å². The van der Waals surface area contributed by atoms with Crippen LogP contribution in [0, 0.1) is 10.8 Å². The van der Waals surface area contributed by atoms with E-state index in [0.29, 0.717) is 6.10 Å². The summed E-state index contributed by atoms with van der Waals surface area (Å²) >= 11 is 0. The Balaban J connectivity index is 1.90. The van der Waals surface area contributed by atoms with Gasteiger partial charge in [0.1, 0.15) is 0 Å². The van der Waals surface area contributed by atoms with Gasteiger partial charge in [0.15, 0.2) is 0 Å². The highest BCUT2D eigenvalue weighted by molar-refractivity contribution is 5.39. The lowest BCUT2D eigenvalue weighted by Crippen LogP contribution is -2.30. The maximum Gasteiger partial charge on any atom is 0.0620 e. The van der Waals surface area contributed by atoms with E-state index in [2.05, 4.69) is 161 Å². The lowest BCUT2D eigenvalue weighted by molar-refractivity contribution is 0.0307. The fourth-order valence-electron chi connectivity index (χ4n) is 6.28. The number of ether oxygens (including phenoxy) is 1. The third kappa shape index (κ3) is 12.7. The molecule has 0 aliphatic heterocycles. The molecule has 0 spiro atoms. The Morgan fingerprint density at radius 2 is 1.14 bits per heavy atom. The number of rotatable bonds is 12. The quantitative estimate of drug-likeness (QED) is 0.209. The van der Waals surface area contributed by atoms with Gasteiger partial charge in [-0.25, -0.2) is 0 Å². The first-order valence-electron chi connectivity index (χ1n) is 16.3. The molecule has 234 valence electrons. The first-order chi connectivity index (χ1) is 20.2. The molecule has 0 fully saturated rings. The molecule has 0 aromatic carbocycles. The second-order valence-electron chi connectivity index (χ2n) is 13.9. The third-order valence-corrected chi connectivity index (χ3v) is 8.70. The Hall–Kier alpha value is -2.90. The van der Waals surface area contributed by atoms with Crippen LogP contribution in [0.15, 0.2) is 130 Å². The molecule has 2 aliphatic carbocycles. The van der Waals surface area contributed by atoms with Crippen molar-refractivity contribution in [2.24, 2.45) is 10.8 Å². The summed E-state index contributed by atoms with van der Waals surface area (Å²) in [6, 6.07) is 0. The highest BCUT2D eigenvalue weighted by Gasteiger charge is 2.32. The van der Waals surface area contributed by atoms with Gasteiger partial charge >= 0.3 is 0 Å². The molecule has 43 heavy (non-hydrogen) atoms. The monoisotopic (exact) mass is 580 g/mol. The van der Waals surface area contributed by atoms with Gasteiger partial charge in [0, 0.05) is 6.61 Å². The van der Waals surface area contributed by atoms with E-state index in [1.165, 1.54) is 58.3 Å². The highest BCUT2D eigenvalue weighted by atomic mass is 16.5. The molecule has 0 aromatic heterocycles. The molecule has 0 bridgehead atoms. The topological polar surface area (TPSA) is 9.23 Å². The largest absolute Gasteiger partial charge is 0.378 e. The van der Waals surface area contributed by atoms with Crippen molar-refractivity contribution in [2.75, 3.05) is 6.61 Å². The van der Waals surface area contributed by atoms with E-state index in [9.17, 15) is 0 Å². The predicted octanol–water partition coefficient (Wildman–Crippen LogP) is 12.6. The first-order valence-corrected chi connectivity index (χ1v) is 16.3. The maximum absolute atomic E-state index is 5.94. The lowest BCUT2D eigenvalue weighted by Gasteiger charge is -2.37. The molecule has 2 rings (SSSR count). The fourth-order valence-corrected chi connectivity index (χ4v) is 6.28. The molecule has 0 aromatic rings. The summed E-state index contributed by atoms with van der Waals surface area (Å²) < 4.78 is 5.94. The predicted molar refractivity (Wildman–Crippen MR) is 192 cm³/mol. The Morgan fingerprint density at radius 1 is 0.674 bits per heavy atom. The first kappa shape index (κ1) is 36.3. The molecule has 0 N–H and O–H groups in total. The zero-order valence-electron chi connectivity index (χ0n) is 29.3. The Labute approximate surface area is 265 Å². The summed E-state index contributed by atoms with van der Waals surface area (Å²) in [6.07, 6.45) is 36.9. The van der Waals surface area contributed by atoms with Gasteiger partial charge in [-0.15, -0.1) is 0 Å². The molecule has 0 radical (unpaired) electrons. The van der Waals surface area contributed by atoms with Crippen LogP contribution < -0.4 is 0 Å². The van der Waals surface area contributed by atoms with E-state index in [1.54, 1.807) is 5.57 Å². The second kappa shape index (κ2) is 17.4. The second-order valence-corrected chi connectivity index (χ2v) is 13.9. The summed E-state index contributed by atoms with van der Waals surface area (Å²) in [5.74, 6) is 0. The van der Waals surface area contributed by atoms with E-state index in [4.69, 9.17) is 4.74 Å². The normalized spacial score (nSPS) is 23.0. The molecule has 1 heteroatoms. The number of hydrogen-bond donors (Lipinski definition) is 0. The minimum atomic E-state index is 0.138. The molecule has 0 amide bonds. The molecular formula is C42H60O. The smallest absolute Gasteiger partial charge is 0.0620 e. The van der Waals surface area contributed by atoms with Crippen molar-refractivity contribution in [1.29, 1.82) is 0 Å². The average Bonchev–Trinajstić information content (AvgIpc) is 2.89. The van der Waals surface area contributed by atoms with E-state index in [0.717, 1.165) is 19.4 Å². The van der Waals surface area contributed by atoms with Crippen LogP contribution in [-0.4, -0.2) is 12.7 Å². The van der Waals surface area contributed by atoms with Gasteiger partial charge in [-0.05, 0) is 103 Å². The third-order valence-electron chi connectivity index (χ3n) is 8.70. The molecule has 0 saturated carbocycles. The highest BCUT2D eigenvalue weighted by Crippen LogP contribution is 2.42. The molecule has 1 nitrogen and oxygen atoms in total. The van der Waals surface area contributed by atoms with Crippen LogP contribution in [0.2, 0.25) is 0 Å². The maximum atomic E-state index is 5.94. The number of allylic oxidation sites excluding steroid dienone is 21. The molecule has 2 aliphatic rings. The lowest BCUT2D eigenvalue weighted by atomic mass is 9.71. The average molecular weight is 581 g/mol. The molecule has 1 atom stereocenters. The zero-order chi connectivity index (χ0) is 32.0. The van der Waals surface area contributed by atoms with E-state index < -0.39 is 0 Å². The van der Waals surface area contributed by atoms with Crippen LogP contribution in [0.3, 0.4) is 0 Å². The van der Waals surface area contributed by atoms with Gasteiger partial charge in [0.2, 0.25) is 0 Å². The van der Waals surface area contributed by atoms with Crippen molar-refractivity contribution < 1.29 is 4.74 Å². The van der Waals surface area contributed by atoms with Crippen molar-refractivity contribution in [3.05, 3.63) is 130 Å². The summed E-state index contributed by atoms with van der Waals surface area (Å²) in [5.41, 5.74) is 11.4. The summed E-state index contributed by atoms with van der Waals surface area (Å²) in [7, 11) is 0. The Bertz CT molecular complexity index is 1280. The van der Waals surface area contributed by atoms with Crippen molar-refractivity contribution in [2.45, 2.75) is 114 Å². The van der Waals surface area contributed by atoms with Gasteiger partial charge < -0.3 is 4.74 Å². The minimum Gasteiger partial charge on any atom is -0.378 e. The summed E-state index contributed by atoms with van der Waals surface area (Å²) in [4.78, 5) is 0. The minimum absolute atomic E-state index is 0.138. The number of hydrogen-bond acceptors (Lipinski definition) is 1. The summed E-state index contributed by atoms with van der Waals surface area (Å²) in [6.45, 7) is 25.5. The molecule has 0 unspecified atom stereocenters. The van der Waals surface area contributed by atoms with Crippen LogP contribution >= 0.6 is 0 Å². The van der Waals surface area contributed by atoms with Crippen LogP contribution in [0.25, 0.3) is 0 Å². The van der Waals surface area contributed by atoms with Gasteiger partial charge in [-0.3, -0.25) is 0 Å². The van der Waals surface area contributed by atoms with Gasteiger partial charge in [0.25, 0.3) is 0 Å². The standard InChI is InChI=1S/C42H60O/c1-12-43-38-30-37(7)40(42(10,11)31-38)28-26-35(5)23-16-21-33(3)19-14-13-18-32(2)20-15-22-34(4)25-27-39-36(6)24-17-29-41(39,8)9/h13-16,18-23,25-28,38H,12,17,24,29-31H2,1-11H3/b14-13+,20-15+,21-16+,27-25+,28-26+,32-18+,33-19+,34-22+,35-23+/t38-/m1/s1. The van der Waals surface area contributed by atoms with Crippen molar-refractivity contribution >= 4 is 0 Å². The van der Waals surface area contributed by atoms with Gasteiger partial charge in [-0.1, -0.05) is 146 Å². The van der Waals surface area contributed by atoms with Crippen molar-refractivity contribution in [1.82, 2.24) is 0 Å². The van der Waals surface area contributed by atoms with Crippen molar-refractivity contribution in [3.8, 4) is 0 Å². The molecule has 0 heterocycles.